The molecule has 1 aliphatic heterocycles. The van der Waals surface area contributed by atoms with Crippen LogP contribution in [0.5, 0.6) is 0 Å². The van der Waals surface area contributed by atoms with Gasteiger partial charge in [-0.2, -0.15) is 0 Å². The molecule has 0 radical (unpaired) electrons. The third-order valence-corrected chi connectivity index (χ3v) is 12.8. The molecule has 0 bridgehead atoms. The highest BCUT2D eigenvalue weighted by atomic mass is 16.7. The number of amides is 1. The number of aliphatic hydroxyl groups is 5. The van der Waals surface area contributed by atoms with Crippen LogP contribution in [0.3, 0.4) is 0 Å². The van der Waals surface area contributed by atoms with Crippen molar-refractivity contribution in [2.24, 2.45) is 0 Å². The molecule has 1 rings (SSSR count). The Morgan fingerprint density at radius 3 is 1.48 bits per heavy atom. The molecule has 0 spiro atoms. The Morgan fingerprint density at radius 1 is 0.554 bits per heavy atom. The van der Waals surface area contributed by atoms with Gasteiger partial charge in [-0.15, -0.1) is 0 Å². The Kier molecular flexibility index (Phi) is 42.0. The molecule has 1 aliphatic rings. The third kappa shape index (κ3) is 35.0. The number of carbonyl (C=O) groups is 2. The molecule has 0 saturated carbocycles. The molecule has 0 aromatic heterocycles. The molecule has 11 nitrogen and oxygen atoms in total. The number of ether oxygens (including phenoxy) is 3. The van der Waals surface area contributed by atoms with E-state index in [1.807, 2.05) is 6.08 Å². The van der Waals surface area contributed by atoms with Crippen LogP contribution in [0.4, 0.5) is 0 Å². The van der Waals surface area contributed by atoms with Gasteiger partial charge in [0.1, 0.15) is 24.4 Å². The molecule has 6 N–H and O–H groups in total. The zero-order chi connectivity index (χ0) is 47.4. The van der Waals surface area contributed by atoms with Crippen LogP contribution in [0, 0.1) is 0 Å². The lowest BCUT2D eigenvalue weighted by atomic mass is 9.99. The summed E-state index contributed by atoms with van der Waals surface area (Å²) in [7, 11) is 0. The van der Waals surface area contributed by atoms with Gasteiger partial charge in [-0.05, 0) is 64.2 Å². The van der Waals surface area contributed by atoms with Crippen molar-refractivity contribution in [3.8, 4) is 0 Å². The van der Waals surface area contributed by atoms with Crippen LogP contribution in [0.1, 0.15) is 245 Å². The quantitative estimate of drug-likeness (QED) is 0.0196. The number of rotatable bonds is 46. The van der Waals surface area contributed by atoms with Crippen molar-refractivity contribution in [1.82, 2.24) is 5.32 Å². The smallest absolute Gasteiger partial charge is 0.305 e. The Labute approximate surface area is 397 Å². The molecule has 7 atom stereocenters. The van der Waals surface area contributed by atoms with Gasteiger partial charge in [0.05, 0.1) is 32.0 Å². The minimum atomic E-state index is -1.58. The van der Waals surface area contributed by atoms with Crippen molar-refractivity contribution >= 4 is 11.9 Å². The summed E-state index contributed by atoms with van der Waals surface area (Å²) in [4.78, 5) is 25.0. The first kappa shape index (κ1) is 61.2. The molecule has 11 heteroatoms. The van der Waals surface area contributed by atoms with Gasteiger partial charge in [-0.1, -0.05) is 192 Å². The second-order valence-electron chi connectivity index (χ2n) is 18.9. The molecule has 1 amide bonds. The van der Waals surface area contributed by atoms with Gasteiger partial charge in [0, 0.05) is 12.8 Å². The summed E-state index contributed by atoms with van der Waals surface area (Å²) in [6.07, 6.45) is 41.3. The van der Waals surface area contributed by atoms with Gasteiger partial charge in [0.25, 0.3) is 0 Å². The lowest BCUT2D eigenvalue weighted by molar-refractivity contribution is -0.302. The second-order valence-corrected chi connectivity index (χ2v) is 18.9. The van der Waals surface area contributed by atoms with E-state index in [4.69, 9.17) is 14.2 Å². The fraction of sp³-hybridized carbons (Fsp3) is 0.889. The van der Waals surface area contributed by atoms with E-state index in [0.29, 0.717) is 19.4 Å². The van der Waals surface area contributed by atoms with Crippen molar-refractivity contribution in [2.45, 2.75) is 288 Å². The number of unbranched alkanes of at least 4 members (excludes halogenated alkanes) is 30. The van der Waals surface area contributed by atoms with Gasteiger partial charge in [-0.3, -0.25) is 9.59 Å². The third-order valence-electron chi connectivity index (χ3n) is 12.8. The van der Waals surface area contributed by atoms with E-state index in [-0.39, 0.29) is 18.5 Å². The second kappa shape index (κ2) is 44.6. The highest BCUT2D eigenvalue weighted by molar-refractivity contribution is 5.76. The van der Waals surface area contributed by atoms with E-state index >= 15 is 0 Å². The summed E-state index contributed by atoms with van der Waals surface area (Å²) in [5.74, 6) is -0.253. The zero-order valence-corrected chi connectivity index (χ0v) is 41.7. The number of esters is 1. The van der Waals surface area contributed by atoms with Crippen molar-refractivity contribution in [3.63, 3.8) is 0 Å². The van der Waals surface area contributed by atoms with Gasteiger partial charge in [0.2, 0.25) is 5.91 Å². The summed E-state index contributed by atoms with van der Waals surface area (Å²) in [5, 5.41) is 54.1. The molecule has 7 unspecified atom stereocenters. The van der Waals surface area contributed by atoms with E-state index in [9.17, 15) is 35.1 Å². The maximum Gasteiger partial charge on any atom is 0.305 e. The van der Waals surface area contributed by atoms with Crippen molar-refractivity contribution < 1.29 is 49.3 Å². The predicted molar refractivity (Wildman–Crippen MR) is 264 cm³/mol. The SMILES string of the molecule is CCCCCCCCC/C=C/C(O)C(COC1OC(CO)C(O)C(O)C1O)NC(=O)CCCCCCC/C=C\CCCCCOC(=O)CCCCCCCCCCCCCCCCCC. The van der Waals surface area contributed by atoms with Crippen LogP contribution in [0.15, 0.2) is 24.3 Å². The average Bonchev–Trinajstić information content (AvgIpc) is 3.30. The first-order valence-corrected chi connectivity index (χ1v) is 27.1. The minimum Gasteiger partial charge on any atom is -0.466 e. The standard InChI is InChI=1S/C54H101NO10/c1-3-5-7-9-11-13-14-15-16-17-18-22-26-30-34-38-42-50(59)63-43-39-35-31-27-23-20-19-21-25-29-33-37-41-49(58)55-46(47(57)40-36-32-28-24-12-10-8-6-4-2)45-64-54-53(62)52(61)51(60)48(44-56)65-54/h20,23,36,40,46-48,51-54,56-57,60-62H,3-19,21-22,24-35,37-39,41-45H2,1-2H3,(H,55,58)/b23-20-,40-36+. The average molecular weight is 924 g/mol. The molecule has 1 saturated heterocycles. The highest BCUT2D eigenvalue weighted by Gasteiger charge is 2.44. The predicted octanol–water partition coefficient (Wildman–Crippen LogP) is 11.4. The van der Waals surface area contributed by atoms with E-state index in [1.54, 1.807) is 6.08 Å². The van der Waals surface area contributed by atoms with Gasteiger partial charge in [0.15, 0.2) is 6.29 Å². The van der Waals surface area contributed by atoms with Gasteiger partial charge in [-0.25, -0.2) is 0 Å². The Balaban J connectivity index is 2.12. The fourth-order valence-electron chi connectivity index (χ4n) is 8.43. The molecule has 382 valence electrons. The summed E-state index contributed by atoms with van der Waals surface area (Å²) in [5.41, 5.74) is 0. The Bertz CT molecular complexity index is 1130. The van der Waals surface area contributed by atoms with Crippen LogP contribution in [-0.4, -0.2) is 100 Å². The molecular weight excluding hydrogens is 823 g/mol. The van der Waals surface area contributed by atoms with Crippen LogP contribution >= 0.6 is 0 Å². The van der Waals surface area contributed by atoms with Crippen LogP contribution in [-0.2, 0) is 23.8 Å². The summed E-state index contributed by atoms with van der Waals surface area (Å²) >= 11 is 0. The van der Waals surface area contributed by atoms with Crippen LogP contribution in [0.2, 0.25) is 0 Å². The van der Waals surface area contributed by atoms with Crippen molar-refractivity contribution in [2.75, 3.05) is 19.8 Å². The maximum absolute atomic E-state index is 13.0. The molecule has 1 fully saturated rings. The molecule has 65 heavy (non-hydrogen) atoms. The van der Waals surface area contributed by atoms with Crippen LogP contribution in [0.25, 0.3) is 0 Å². The maximum atomic E-state index is 13.0. The van der Waals surface area contributed by atoms with E-state index in [1.165, 1.54) is 122 Å². The summed E-state index contributed by atoms with van der Waals surface area (Å²) < 4.78 is 16.6. The zero-order valence-electron chi connectivity index (χ0n) is 41.7. The molecule has 1 heterocycles. The summed E-state index contributed by atoms with van der Waals surface area (Å²) in [6, 6.07) is -0.826. The topological polar surface area (TPSA) is 175 Å². The molecule has 0 aliphatic carbocycles. The van der Waals surface area contributed by atoms with Crippen molar-refractivity contribution in [3.05, 3.63) is 24.3 Å². The monoisotopic (exact) mass is 924 g/mol. The number of hydrogen-bond donors (Lipinski definition) is 6. The largest absolute Gasteiger partial charge is 0.466 e. The molecule has 0 aromatic rings. The first-order chi connectivity index (χ1) is 31.7. The van der Waals surface area contributed by atoms with E-state index in [2.05, 4.69) is 31.3 Å². The number of hydrogen-bond acceptors (Lipinski definition) is 10. The first-order valence-electron chi connectivity index (χ1n) is 27.1. The number of nitrogens with one attached hydrogen (secondary N) is 1. The number of carbonyl (C=O) groups excluding carboxylic acids is 2. The highest BCUT2D eigenvalue weighted by Crippen LogP contribution is 2.23. The summed E-state index contributed by atoms with van der Waals surface area (Å²) in [6.45, 7) is 4.23. The van der Waals surface area contributed by atoms with E-state index < -0.39 is 49.5 Å². The van der Waals surface area contributed by atoms with Gasteiger partial charge < -0.3 is 45.1 Å². The number of allylic oxidation sites excluding steroid dienone is 3. The van der Waals surface area contributed by atoms with E-state index in [0.717, 1.165) is 96.3 Å². The van der Waals surface area contributed by atoms with Crippen LogP contribution < -0.4 is 5.32 Å². The van der Waals surface area contributed by atoms with Gasteiger partial charge >= 0.3 is 5.97 Å². The normalized spacial score (nSPS) is 19.9. The fourth-order valence-corrected chi connectivity index (χ4v) is 8.43. The number of aliphatic hydroxyl groups excluding tert-OH is 5. The lowest BCUT2D eigenvalue weighted by Gasteiger charge is -2.40. The Hall–Kier alpha value is -1.86. The Morgan fingerprint density at radius 2 is 0.985 bits per heavy atom. The molecule has 0 aromatic carbocycles. The molecular formula is C54H101NO10. The lowest BCUT2D eigenvalue weighted by Crippen LogP contribution is -2.60. The minimum absolute atomic E-state index is 0.0439. The van der Waals surface area contributed by atoms with Crippen molar-refractivity contribution in [1.29, 1.82) is 0 Å².